The van der Waals surface area contributed by atoms with E-state index in [1.807, 2.05) is 20.8 Å². The normalized spacial score (nSPS) is 12.5. The summed E-state index contributed by atoms with van der Waals surface area (Å²) in [4.78, 5) is 14.0. The highest BCUT2D eigenvalue weighted by Gasteiger charge is 2.22. The maximum Gasteiger partial charge on any atom is 0.257 e. The zero-order valence-corrected chi connectivity index (χ0v) is 10.3. The minimum absolute atomic E-state index is 0.00157. The average Bonchev–Trinajstić information content (AvgIpc) is 2.65. The van der Waals surface area contributed by atoms with Gasteiger partial charge in [0.05, 0.1) is 24.4 Å². The molecule has 0 saturated heterocycles. The van der Waals surface area contributed by atoms with Gasteiger partial charge >= 0.3 is 0 Å². The van der Waals surface area contributed by atoms with Crippen molar-refractivity contribution < 1.29 is 9.53 Å². The Morgan fingerprint density at radius 2 is 2.38 bits per heavy atom. The van der Waals surface area contributed by atoms with Gasteiger partial charge in [-0.3, -0.25) is 9.89 Å². The van der Waals surface area contributed by atoms with Crippen LogP contribution in [0.3, 0.4) is 0 Å². The average molecular weight is 225 g/mol. The van der Waals surface area contributed by atoms with Crippen molar-refractivity contribution in [2.24, 2.45) is 0 Å². The van der Waals surface area contributed by atoms with E-state index in [0.29, 0.717) is 18.7 Å². The number of rotatable bonds is 5. The molecule has 16 heavy (non-hydrogen) atoms. The van der Waals surface area contributed by atoms with Gasteiger partial charge in [0, 0.05) is 19.3 Å². The first kappa shape index (κ1) is 12.7. The van der Waals surface area contributed by atoms with Crippen LogP contribution < -0.4 is 0 Å². The van der Waals surface area contributed by atoms with Crippen LogP contribution >= 0.6 is 0 Å². The molecule has 1 aromatic heterocycles. The number of aromatic nitrogens is 2. The summed E-state index contributed by atoms with van der Waals surface area (Å²) in [5, 5.41) is 6.63. The molecule has 90 valence electrons. The highest BCUT2D eigenvalue weighted by Crippen LogP contribution is 2.10. The summed E-state index contributed by atoms with van der Waals surface area (Å²) in [5.74, 6) is -0.00157. The number of nitrogens with one attached hydrogen (secondary N) is 1. The lowest BCUT2D eigenvalue weighted by Gasteiger charge is -2.27. The molecule has 1 atom stereocenters. The number of nitrogens with zero attached hydrogens (tertiary/aromatic N) is 2. The highest BCUT2D eigenvalue weighted by molar-refractivity contribution is 5.95. The third kappa shape index (κ3) is 2.61. The quantitative estimate of drug-likeness (QED) is 0.819. The van der Waals surface area contributed by atoms with Gasteiger partial charge in [0.25, 0.3) is 5.91 Å². The lowest BCUT2D eigenvalue weighted by atomic mass is 10.2. The van der Waals surface area contributed by atoms with Crippen molar-refractivity contribution in [3.63, 3.8) is 0 Å². The molecule has 5 nitrogen and oxygen atoms in total. The molecule has 0 aromatic carbocycles. The molecule has 0 spiro atoms. The second-order valence-electron chi connectivity index (χ2n) is 3.80. The molecular weight excluding hydrogens is 206 g/mol. The maximum absolute atomic E-state index is 12.2. The van der Waals surface area contributed by atoms with E-state index >= 15 is 0 Å². The molecule has 0 aliphatic rings. The van der Waals surface area contributed by atoms with Crippen LogP contribution in [0.25, 0.3) is 0 Å². The Hall–Kier alpha value is -1.36. The molecule has 0 radical (unpaired) electrons. The van der Waals surface area contributed by atoms with Gasteiger partial charge in [0.1, 0.15) is 0 Å². The fourth-order valence-electron chi connectivity index (χ4n) is 1.71. The van der Waals surface area contributed by atoms with E-state index in [9.17, 15) is 4.79 Å². The van der Waals surface area contributed by atoms with Gasteiger partial charge in [-0.25, -0.2) is 0 Å². The molecule has 1 rings (SSSR count). The number of ether oxygens (including phenoxy) is 1. The number of hydrogen-bond acceptors (Lipinski definition) is 3. The summed E-state index contributed by atoms with van der Waals surface area (Å²) < 4.78 is 5.07. The summed E-state index contributed by atoms with van der Waals surface area (Å²) in [5.41, 5.74) is 1.43. The van der Waals surface area contributed by atoms with Gasteiger partial charge in [0.2, 0.25) is 0 Å². The number of carbonyl (C=O) groups is 1. The van der Waals surface area contributed by atoms with E-state index in [4.69, 9.17) is 4.74 Å². The predicted molar refractivity (Wildman–Crippen MR) is 61.4 cm³/mol. The van der Waals surface area contributed by atoms with Gasteiger partial charge in [-0.1, -0.05) is 0 Å². The summed E-state index contributed by atoms with van der Waals surface area (Å²) in [7, 11) is 1.64. The van der Waals surface area contributed by atoms with Crippen LogP contribution in [0.2, 0.25) is 0 Å². The Morgan fingerprint density at radius 3 is 2.81 bits per heavy atom. The molecule has 0 aliphatic carbocycles. The van der Waals surface area contributed by atoms with Crippen LogP contribution in [0.4, 0.5) is 0 Å². The fraction of sp³-hybridized carbons (Fsp3) is 0.636. The highest BCUT2D eigenvalue weighted by atomic mass is 16.5. The standard InChI is InChI=1S/C11H19N3O2/c1-5-14(8(2)7-16-4)11(15)10-6-12-13-9(10)3/h6,8H,5,7H2,1-4H3,(H,12,13). The molecule has 1 N–H and O–H groups in total. The molecule has 1 heterocycles. The lowest BCUT2D eigenvalue weighted by Crippen LogP contribution is -2.41. The molecule has 1 amide bonds. The Bertz CT molecular complexity index is 349. The summed E-state index contributed by atoms with van der Waals surface area (Å²) in [6.45, 7) is 6.97. The number of aryl methyl sites for hydroxylation is 1. The van der Waals surface area contributed by atoms with Gasteiger partial charge in [0.15, 0.2) is 0 Å². The van der Waals surface area contributed by atoms with Crippen molar-refractivity contribution in [2.75, 3.05) is 20.3 Å². The summed E-state index contributed by atoms with van der Waals surface area (Å²) in [6.07, 6.45) is 1.57. The Morgan fingerprint density at radius 1 is 1.69 bits per heavy atom. The number of methoxy groups -OCH3 is 1. The van der Waals surface area contributed by atoms with E-state index < -0.39 is 0 Å². The third-order valence-corrected chi connectivity index (χ3v) is 2.60. The van der Waals surface area contributed by atoms with Gasteiger partial charge in [-0.15, -0.1) is 0 Å². The summed E-state index contributed by atoms with van der Waals surface area (Å²) >= 11 is 0. The Labute approximate surface area is 95.8 Å². The minimum atomic E-state index is -0.00157. The van der Waals surface area contributed by atoms with E-state index in [-0.39, 0.29) is 11.9 Å². The maximum atomic E-state index is 12.2. The number of carbonyl (C=O) groups excluding carboxylic acids is 1. The van der Waals surface area contributed by atoms with Crippen LogP contribution in [-0.4, -0.2) is 47.3 Å². The van der Waals surface area contributed by atoms with E-state index in [0.717, 1.165) is 5.69 Å². The van der Waals surface area contributed by atoms with Crippen LogP contribution in [-0.2, 0) is 4.74 Å². The van der Waals surface area contributed by atoms with Crippen LogP contribution in [0, 0.1) is 6.92 Å². The minimum Gasteiger partial charge on any atom is -0.383 e. The van der Waals surface area contributed by atoms with Gasteiger partial charge in [-0.2, -0.15) is 5.10 Å². The second kappa shape index (κ2) is 5.65. The SMILES string of the molecule is CCN(C(=O)c1cn[nH]c1C)C(C)COC. The van der Waals surface area contributed by atoms with Crippen molar-refractivity contribution in [2.45, 2.75) is 26.8 Å². The van der Waals surface area contributed by atoms with Crippen LogP contribution in [0.15, 0.2) is 6.20 Å². The molecule has 0 saturated carbocycles. The van der Waals surface area contributed by atoms with E-state index in [2.05, 4.69) is 10.2 Å². The molecule has 1 unspecified atom stereocenters. The number of hydrogen-bond donors (Lipinski definition) is 1. The molecule has 0 bridgehead atoms. The number of H-pyrrole nitrogens is 1. The molecule has 1 aromatic rings. The number of aromatic amines is 1. The van der Waals surface area contributed by atoms with Crippen molar-refractivity contribution >= 4 is 5.91 Å². The predicted octanol–water partition coefficient (Wildman–Crippen LogP) is 1.22. The molecule has 0 fully saturated rings. The number of amides is 1. The topological polar surface area (TPSA) is 58.2 Å². The second-order valence-corrected chi connectivity index (χ2v) is 3.80. The first-order valence-corrected chi connectivity index (χ1v) is 5.41. The number of likely N-dealkylation sites (N-methyl/N-ethyl adjacent to an activating group) is 1. The molecular formula is C11H19N3O2. The fourth-order valence-corrected chi connectivity index (χ4v) is 1.71. The zero-order valence-electron chi connectivity index (χ0n) is 10.3. The molecule has 5 heteroatoms. The Kier molecular flexibility index (Phi) is 4.49. The smallest absolute Gasteiger partial charge is 0.257 e. The van der Waals surface area contributed by atoms with E-state index in [1.165, 1.54) is 0 Å². The van der Waals surface area contributed by atoms with Crippen LogP contribution in [0.1, 0.15) is 29.9 Å². The van der Waals surface area contributed by atoms with Crippen LogP contribution in [0.5, 0.6) is 0 Å². The summed E-state index contributed by atoms with van der Waals surface area (Å²) in [6, 6.07) is 0.0665. The zero-order chi connectivity index (χ0) is 12.1. The largest absolute Gasteiger partial charge is 0.383 e. The van der Waals surface area contributed by atoms with Crippen molar-refractivity contribution in [3.8, 4) is 0 Å². The molecule has 0 aliphatic heterocycles. The monoisotopic (exact) mass is 225 g/mol. The lowest BCUT2D eigenvalue weighted by molar-refractivity contribution is 0.0578. The third-order valence-electron chi connectivity index (χ3n) is 2.60. The van der Waals surface area contributed by atoms with Gasteiger partial charge in [-0.05, 0) is 20.8 Å². The van der Waals surface area contributed by atoms with Crippen molar-refractivity contribution in [1.29, 1.82) is 0 Å². The van der Waals surface area contributed by atoms with Gasteiger partial charge < -0.3 is 9.64 Å². The first-order chi connectivity index (χ1) is 7.61. The Balaban J connectivity index is 2.81. The van der Waals surface area contributed by atoms with E-state index in [1.54, 1.807) is 18.2 Å². The van der Waals surface area contributed by atoms with Crippen molar-refractivity contribution in [1.82, 2.24) is 15.1 Å². The van der Waals surface area contributed by atoms with Crippen molar-refractivity contribution in [3.05, 3.63) is 17.5 Å². The first-order valence-electron chi connectivity index (χ1n) is 5.41.